The number of hydrogen-bond donors (Lipinski definition) is 0. The largest absolute Gasteiger partial charge is 0.310 e. The fraction of sp³-hybridized carbons (Fsp3) is 0.286. The summed E-state index contributed by atoms with van der Waals surface area (Å²) in [5.74, 6) is 0. The molecule has 0 aliphatic carbocycles. The Morgan fingerprint density at radius 3 is 1.84 bits per heavy atom. The molecule has 0 N–H and O–H groups in total. The minimum atomic E-state index is -2.35. The van der Waals surface area contributed by atoms with E-state index in [0.717, 1.165) is 39.6 Å². The Hall–Kier alpha value is -4.01. The van der Waals surface area contributed by atoms with Gasteiger partial charge in [0.2, 0.25) is 0 Å². The van der Waals surface area contributed by atoms with Gasteiger partial charge >= 0.3 is 0 Å². The summed E-state index contributed by atoms with van der Waals surface area (Å²) < 4.78 is 26.1. The summed E-state index contributed by atoms with van der Waals surface area (Å²) in [5.41, 5.74) is 9.78. The third kappa shape index (κ3) is 5.66. The fourth-order valence-corrected chi connectivity index (χ4v) is 6.66. The molecule has 0 aromatic heterocycles. The third-order valence-corrected chi connectivity index (χ3v) is 9.33. The van der Waals surface area contributed by atoms with Gasteiger partial charge in [0, 0.05) is 37.3 Å². The molecular formula is C42H45ClN2. The zero-order valence-corrected chi connectivity index (χ0v) is 28.4. The zero-order valence-electron chi connectivity index (χ0n) is 30.7. The lowest BCUT2D eigenvalue weighted by atomic mass is 9.73. The molecule has 0 spiro atoms. The Morgan fingerprint density at radius 2 is 1.27 bits per heavy atom. The Bertz CT molecular complexity index is 1950. The van der Waals surface area contributed by atoms with Crippen molar-refractivity contribution in [3.63, 3.8) is 0 Å². The number of halogens is 1. The summed E-state index contributed by atoms with van der Waals surface area (Å²) in [7, 11) is 0. The van der Waals surface area contributed by atoms with E-state index < -0.39 is 6.85 Å². The quantitative estimate of drug-likeness (QED) is 0.198. The number of fused-ring (bicyclic) bond motifs is 2. The van der Waals surface area contributed by atoms with Gasteiger partial charge in [-0.05, 0) is 100 Å². The molecule has 0 bridgehead atoms. The SMILES string of the molecule is [2H]C([2H])([2H])c1cc(C(C)(C)C)ccc1N(c1cccc(Cl)c1)c1cc(N2c3ccccc3C(C)(C)c3ccccc32)cc(C(C)(C)C)c1. The highest BCUT2D eigenvalue weighted by molar-refractivity contribution is 6.30. The topological polar surface area (TPSA) is 6.48 Å². The fourth-order valence-electron chi connectivity index (χ4n) is 6.47. The first-order chi connectivity index (χ1) is 22.4. The molecule has 5 aromatic carbocycles. The predicted molar refractivity (Wildman–Crippen MR) is 195 cm³/mol. The number of aryl methyl sites for hydroxylation is 1. The number of rotatable bonds is 4. The molecular weight excluding hydrogens is 568 g/mol. The first kappa shape index (κ1) is 27.3. The summed E-state index contributed by atoms with van der Waals surface area (Å²) in [5, 5.41) is 0.576. The molecule has 0 fully saturated rings. The molecule has 45 heavy (non-hydrogen) atoms. The molecule has 1 aliphatic rings. The van der Waals surface area contributed by atoms with Crippen LogP contribution in [0.1, 0.15) is 87.3 Å². The van der Waals surface area contributed by atoms with Crippen molar-refractivity contribution in [2.24, 2.45) is 0 Å². The van der Waals surface area contributed by atoms with Gasteiger partial charge in [-0.1, -0.05) is 122 Å². The molecule has 1 heterocycles. The number of para-hydroxylation sites is 2. The van der Waals surface area contributed by atoms with Gasteiger partial charge in [0.1, 0.15) is 0 Å². The number of nitrogens with zero attached hydrogens (tertiary/aromatic N) is 2. The van der Waals surface area contributed by atoms with Crippen molar-refractivity contribution in [3.8, 4) is 0 Å². The molecule has 6 rings (SSSR count). The van der Waals surface area contributed by atoms with E-state index in [1.165, 1.54) is 11.1 Å². The van der Waals surface area contributed by atoms with Gasteiger partial charge in [-0.25, -0.2) is 0 Å². The predicted octanol–water partition coefficient (Wildman–Crippen LogP) is 12.8. The van der Waals surface area contributed by atoms with E-state index >= 15 is 0 Å². The monoisotopic (exact) mass is 615 g/mol. The van der Waals surface area contributed by atoms with E-state index in [2.05, 4.69) is 138 Å². The maximum atomic E-state index is 8.69. The molecule has 230 valence electrons. The Kier molecular flexibility index (Phi) is 6.74. The van der Waals surface area contributed by atoms with Gasteiger partial charge in [0.05, 0.1) is 11.4 Å². The molecule has 3 heteroatoms. The van der Waals surface area contributed by atoms with Crippen molar-refractivity contribution >= 4 is 45.7 Å². The Morgan fingerprint density at radius 1 is 0.644 bits per heavy atom. The minimum Gasteiger partial charge on any atom is -0.310 e. The third-order valence-electron chi connectivity index (χ3n) is 9.09. The second kappa shape index (κ2) is 11.1. The molecule has 0 radical (unpaired) electrons. The van der Waals surface area contributed by atoms with Gasteiger partial charge in [0.15, 0.2) is 0 Å². The van der Waals surface area contributed by atoms with Gasteiger partial charge in [-0.3, -0.25) is 0 Å². The van der Waals surface area contributed by atoms with Crippen molar-refractivity contribution in [1.82, 2.24) is 0 Å². The normalized spacial score (nSPS) is 15.4. The molecule has 0 atom stereocenters. The summed E-state index contributed by atoms with van der Waals surface area (Å²) in [4.78, 5) is 4.42. The summed E-state index contributed by atoms with van der Waals surface area (Å²) >= 11 is 6.63. The highest BCUT2D eigenvalue weighted by atomic mass is 35.5. The summed E-state index contributed by atoms with van der Waals surface area (Å²) in [6, 6.07) is 37.4. The second-order valence-electron chi connectivity index (χ2n) is 14.8. The second-order valence-corrected chi connectivity index (χ2v) is 15.2. The maximum absolute atomic E-state index is 8.69. The van der Waals surface area contributed by atoms with Crippen molar-refractivity contribution in [2.45, 2.75) is 78.5 Å². The summed E-state index contributed by atoms with van der Waals surface area (Å²) in [6.07, 6.45) is 0. The van der Waals surface area contributed by atoms with Gasteiger partial charge in [-0.2, -0.15) is 0 Å². The van der Waals surface area contributed by atoms with Gasteiger partial charge in [0.25, 0.3) is 0 Å². The van der Waals surface area contributed by atoms with Gasteiger partial charge < -0.3 is 9.80 Å². The number of benzene rings is 5. The van der Waals surface area contributed by atoms with Crippen molar-refractivity contribution in [1.29, 1.82) is 0 Å². The lowest BCUT2D eigenvalue weighted by molar-refractivity contribution is 0.589. The van der Waals surface area contributed by atoms with Crippen LogP contribution in [0.5, 0.6) is 0 Å². The number of hydrogen-bond acceptors (Lipinski definition) is 2. The van der Waals surface area contributed by atoms with Crippen LogP contribution in [-0.2, 0) is 16.2 Å². The van der Waals surface area contributed by atoms with Gasteiger partial charge in [-0.15, -0.1) is 0 Å². The summed E-state index contributed by atoms with van der Waals surface area (Å²) in [6.45, 7) is 15.2. The van der Waals surface area contributed by atoms with Crippen LogP contribution in [0.25, 0.3) is 0 Å². The van der Waals surface area contributed by atoms with E-state index in [0.29, 0.717) is 16.3 Å². The van der Waals surface area contributed by atoms with E-state index in [-0.39, 0.29) is 16.2 Å². The van der Waals surface area contributed by atoms with Crippen LogP contribution in [-0.4, -0.2) is 0 Å². The first-order valence-electron chi connectivity index (χ1n) is 17.2. The van der Waals surface area contributed by atoms with Crippen LogP contribution >= 0.6 is 11.6 Å². The average Bonchev–Trinajstić information content (AvgIpc) is 3.00. The molecule has 0 unspecified atom stereocenters. The molecule has 5 aromatic rings. The van der Waals surface area contributed by atoms with E-state index in [1.54, 1.807) is 0 Å². The molecule has 0 saturated carbocycles. The first-order valence-corrected chi connectivity index (χ1v) is 16.1. The standard InChI is InChI=1S/C42H45ClN2/c1-28-23-29(40(2,3)4)21-22-37(28)44(32-16-14-15-31(43)26-32)33-24-30(41(5,6)7)25-34(27-33)45-38-19-12-10-17-35(38)42(8,9)36-18-11-13-20-39(36)45/h10-27H,1-9H3/i1D3. The van der Waals surface area contributed by atoms with E-state index in [4.69, 9.17) is 15.7 Å². The minimum absolute atomic E-state index is 0.190. The maximum Gasteiger partial charge on any atom is 0.0502 e. The van der Waals surface area contributed by atoms with Crippen LogP contribution in [0.4, 0.5) is 34.1 Å². The van der Waals surface area contributed by atoms with Crippen molar-refractivity contribution in [2.75, 3.05) is 9.80 Å². The van der Waals surface area contributed by atoms with Crippen LogP contribution in [0.2, 0.25) is 5.02 Å². The molecule has 2 nitrogen and oxygen atoms in total. The lowest BCUT2D eigenvalue weighted by Gasteiger charge is -2.42. The number of anilines is 6. The average molecular weight is 616 g/mol. The smallest absolute Gasteiger partial charge is 0.0502 e. The highest BCUT2D eigenvalue weighted by Gasteiger charge is 2.37. The zero-order chi connectivity index (χ0) is 34.8. The van der Waals surface area contributed by atoms with Crippen LogP contribution < -0.4 is 9.80 Å². The molecule has 0 amide bonds. The Balaban J connectivity index is 1.68. The Labute approximate surface area is 279 Å². The van der Waals surface area contributed by atoms with E-state index in [1.807, 2.05) is 36.4 Å². The van der Waals surface area contributed by atoms with E-state index in [9.17, 15) is 0 Å². The lowest BCUT2D eigenvalue weighted by Crippen LogP contribution is -2.30. The van der Waals surface area contributed by atoms with Crippen molar-refractivity contribution < 1.29 is 4.11 Å². The van der Waals surface area contributed by atoms with Crippen LogP contribution in [0.3, 0.4) is 0 Å². The van der Waals surface area contributed by atoms with Crippen LogP contribution in [0.15, 0.2) is 109 Å². The van der Waals surface area contributed by atoms with Crippen molar-refractivity contribution in [3.05, 3.63) is 142 Å². The highest BCUT2D eigenvalue weighted by Crippen LogP contribution is 2.53. The molecule has 1 aliphatic heterocycles. The molecule has 0 saturated heterocycles. The van der Waals surface area contributed by atoms with Crippen LogP contribution in [0, 0.1) is 6.85 Å².